The molecule has 2 aromatic carbocycles. The molecular formula is C22H25F6N3O. The normalized spacial score (nSPS) is 13.5. The highest BCUT2D eigenvalue weighted by Gasteiger charge is 2.29. The van der Waals surface area contributed by atoms with E-state index in [0.717, 1.165) is 19.1 Å². The van der Waals surface area contributed by atoms with Crippen molar-refractivity contribution in [3.8, 4) is 0 Å². The lowest BCUT2D eigenvalue weighted by Crippen LogP contribution is -2.15. The number of benzene rings is 2. The van der Waals surface area contributed by atoms with Gasteiger partial charge in [-0.1, -0.05) is 12.1 Å². The van der Waals surface area contributed by atoms with Gasteiger partial charge in [0.2, 0.25) is 5.91 Å². The first-order valence-corrected chi connectivity index (χ1v) is 10.0. The Morgan fingerprint density at radius 2 is 1.66 bits per heavy atom. The van der Waals surface area contributed by atoms with Gasteiger partial charge in [-0.05, 0) is 56.0 Å². The molecule has 4 nitrogen and oxygen atoms in total. The molecule has 2 aromatic rings. The molecule has 0 aliphatic rings. The number of nitrogens with two attached hydrogens (primary N) is 1. The van der Waals surface area contributed by atoms with Gasteiger partial charge in [0.05, 0.1) is 22.6 Å². The highest BCUT2D eigenvalue weighted by molar-refractivity contribution is 5.94. The van der Waals surface area contributed by atoms with E-state index >= 15 is 0 Å². The van der Waals surface area contributed by atoms with E-state index in [1.165, 1.54) is 24.3 Å². The fourth-order valence-corrected chi connectivity index (χ4v) is 2.91. The molecule has 0 radical (unpaired) electrons. The third-order valence-electron chi connectivity index (χ3n) is 4.85. The van der Waals surface area contributed by atoms with Crippen molar-refractivity contribution in [2.75, 3.05) is 16.4 Å². The summed E-state index contributed by atoms with van der Waals surface area (Å²) in [6.45, 7) is 1.20. The van der Waals surface area contributed by atoms with E-state index in [1.54, 1.807) is 0 Å². The maximum atomic E-state index is 14.5. The van der Waals surface area contributed by atoms with Crippen LogP contribution in [0.4, 0.5) is 43.4 Å². The summed E-state index contributed by atoms with van der Waals surface area (Å²) in [6.07, 6.45) is -6.82. The monoisotopic (exact) mass is 461 g/mol. The molecule has 4 N–H and O–H groups in total. The van der Waals surface area contributed by atoms with Crippen LogP contribution in [0.25, 0.3) is 0 Å². The topological polar surface area (TPSA) is 67.2 Å². The largest absolute Gasteiger partial charge is 0.416 e. The minimum atomic E-state index is -4.44. The molecule has 0 saturated heterocycles. The van der Waals surface area contributed by atoms with Crippen LogP contribution in [0.5, 0.6) is 0 Å². The summed E-state index contributed by atoms with van der Waals surface area (Å²) >= 11 is 0. The number of unbranched alkanes of at least 4 members (excludes halogenated alkanes) is 1. The number of nitrogens with one attached hydrogen (secondary N) is 2. The van der Waals surface area contributed by atoms with Crippen molar-refractivity contribution in [3.63, 3.8) is 0 Å². The van der Waals surface area contributed by atoms with Crippen LogP contribution in [-0.4, -0.2) is 18.3 Å². The highest BCUT2D eigenvalue weighted by Crippen LogP contribution is 2.30. The third-order valence-corrected chi connectivity index (χ3v) is 4.85. The van der Waals surface area contributed by atoms with E-state index in [-0.39, 0.29) is 36.4 Å². The molecule has 0 bridgehead atoms. The van der Waals surface area contributed by atoms with E-state index in [2.05, 4.69) is 10.6 Å². The van der Waals surface area contributed by atoms with Crippen LogP contribution in [0.15, 0.2) is 36.4 Å². The van der Waals surface area contributed by atoms with Crippen LogP contribution in [0.1, 0.15) is 43.7 Å². The predicted octanol–water partition coefficient (Wildman–Crippen LogP) is 6.23. The molecule has 32 heavy (non-hydrogen) atoms. The number of carbonyl (C=O) groups is 1. The summed E-state index contributed by atoms with van der Waals surface area (Å²) < 4.78 is 78.3. The molecule has 10 heteroatoms. The Bertz CT molecular complexity index is 900. The molecule has 0 spiro atoms. The lowest BCUT2D eigenvalue weighted by Gasteiger charge is -2.14. The average Bonchev–Trinajstić information content (AvgIpc) is 2.73. The number of amides is 1. The summed E-state index contributed by atoms with van der Waals surface area (Å²) in [5.74, 6) is -1.25. The third kappa shape index (κ3) is 7.35. The van der Waals surface area contributed by atoms with E-state index < -0.39 is 35.8 Å². The molecule has 0 heterocycles. The van der Waals surface area contributed by atoms with Gasteiger partial charge < -0.3 is 16.4 Å². The van der Waals surface area contributed by atoms with Gasteiger partial charge >= 0.3 is 6.18 Å². The van der Waals surface area contributed by atoms with Crippen LogP contribution in [0.2, 0.25) is 0 Å². The van der Waals surface area contributed by atoms with Gasteiger partial charge in [-0.2, -0.15) is 13.2 Å². The number of rotatable bonds is 10. The molecule has 1 amide bonds. The van der Waals surface area contributed by atoms with Crippen LogP contribution in [0.3, 0.4) is 0 Å². The van der Waals surface area contributed by atoms with Crippen LogP contribution >= 0.6 is 0 Å². The van der Waals surface area contributed by atoms with Crippen LogP contribution < -0.4 is 16.4 Å². The Hall–Kier alpha value is -2.91. The summed E-state index contributed by atoms with van der Waals surface area (Å²) in [4.78, 5) is 12.0. The highest BCUT2D eigenvalue weighted by atomic mass is 19.4. The Kier molecular flexibility index (Phi) is 8.80. The zero-order valence-corrected chi connectivity index (χ0v) is 17.4. The quantitative estimate of drug-likeness (QED) is 0.223. The summed E-state index contributed by atoms with van der Waals surface area (Å²) in [5, 5.41) is 5.23. The molecule has 176 valence electrons. The number of nitrogen functional groups attached to an aromatic ring is 1. The summed E-state index contributed by atoms with van der Waals surface area (Å²) in [6, 6.07) is 7.18. The first kappa shape index (κ1) is 25.4. The van der Waals surface area contributed by atoms with Gasteiger partial charge in [0.1, 0.15) is 12.3 Å². The maximum absolute atomic E-state index is 14.5. The number of halogens is 6. The lowest BCUT2D eigenvalue weighted by molar-refractivity contribution is -0.137. The molecule has 0 aliphatic carbocycles. The second kappa shape index (κ2) is 11.1. The number of carbonyl (C=O) groups excluding carboxylic acids is 1. The van der Waals surface area contributed by atoms with Gasteiger partial charge in [0.25, 0.3) is 0 Å². The fourth-order valence-electron chi connectivity index (χ4n) is 2.91. The van der Waals surface area contributed by atoms with Crippen molar-refractivity contribution in [1.82, 2.24) is 0 Å². The SMILES string of the molecule is CC(F)C(F)CCCCC(=O)Nc1ccc(NCc2ccc(C(F)(F)F)cc2)c(F)c1N. The van der Waals surface area contributed by atoms with Gasteiger partial charge in [-0.3, -0.25) is 4.79 Å². The van der Waals surface area contributed by atoms with Crippen molar-refractivity contribution >= 4 is 23.0 Å². The smallest absolute Gasteiger partial charge is 0.395 e. The summed E-state index contributed by atoms with van der Waals surface area (Å²) in [5.41, 5.74) is 5.26. The number of alkyl halides is 5. The number of hydrogen-bond donors (Lipinski definition) is 3. The molecular weight excluding hydrogens is 436 g/mol. The van der Waals surface area contributed by atoms with Crippen molar-refractivity contribution in [2.24, 2.45) is 0 Å². The number of hydrogen-bond acceptors (Lipinski definition) is 3. The standard InChI is InChI=1S/C22H25F6N3O/c1-13(23)16(24)4-2-3-5-19(32)31-18-11-10-17(20(25)21(18)29)30-12-14-6-8-15(9-7-14)22(26,27)28/h6-11,13,16,30H,2-5,12,29H2,1H3,(H,31,32). The van der Waals surface area contributed by atoms with Crippen LogP contribution in [-0.2, 0) is 17.5 Å². The Morgan fingerprint density at radius 1 is 1.03 bits per heavy atom. The molecule has 0 saturated carbocycles. The molecule has 0 fully saturated rings. The minimum absolute atomic E-state index is 0.0149. The second-order valence-corrected chi connectivity index (χ2v) is 7.42. The zero-order valence-electron chi connectivity index (χ0n) is 17.4. The maximum Gasteiger partial charge on any atom is 0.416 e. The Labute approximate surface area is 182 Å². The lowest BCUT2D eigenvalue weighted by atomic mass is 10.1. The number of anilines is 3. The molecule has 0 aliphatic heterocycles. The van der Waals surface area contributed by atoms with Crippen molar-refractivity contribution in [3.05, 3.63) is 53.3 Å². The Balaban J connectivity index is 1.89. The first-order valence-electron chi connectivity index (χ1n) is 10.0. The van der Waals surface area contributed by atoms with Gasteiger partial charge in [-0.15, -0.1) is 0 Å². The molecule has 2 rings (SSSR count). The first-order chi connectivity index (χ1) is 15.0. The Morgan fingerprint density at radius 3 is 2.25 bits per heavy atom. The van der Waals surface area contributed by atoms with E-state index in [0.29, 0.717) is 18.4 Å². The second-order valence-electron chi connectivity index (χ2n) is 7.42. The summed E-state index contributed by atoms with van der Waals surface area (Å²) in [7, 11) is 0. The average molecular weight is 461 g/mol. The molecule has 2 atom stereocenters. The molecule has 2 unspecified atom stereocenters. The molecule has 0 aromatic heterocycles. The van der Waals surface area contributed by atoms with E-state index in [1.807, 2.05) is 0 Å². The fraction of sp³-hybridized carbons (Fsp3) is 0.409. The van der Waals surface area contributed by atoms with E-state index in [4.69, 9.17) is 5.73 Å². The van der Waals surface area contributed by atoms with Crippen molar-refractivity contribution in [2.45, 2.75) is 57.7 Å². The van der Waals surface area contributed by atoms with Gasteiger partial charge in [0, 0.05) is 13.0 Å². The zero-order chi connectivity index (χ0) is 23.9. The van der Waals surface area contributed by atoms with E-state index in [9.17, 15) is 31.1 Å². The van der Waals surface area contributed by atoms with Gasteiger partial charge in [-0.25, -0.2) is 13.2 Å². The van der Waals surface area contributed by atoms with Gasteiger partial charge in [0.15, 0.2) is 5.82 Å². The van der Waals surface area contributed by atoms with Crippen LogP contribution in [0, 0.1) is 5.82 Å². The minimum Gasteiger partial charge on any atom is -0.395 e. The van der Waals surface area contributed by atoms with Crippen molar-refractivity contribution < 1.29 is 31.1 Å². The predicted molar refractivity (Wildman–Crippen MR) is 112 cm³/mol. The van der Waals surface area contributed by atoms with Crippen molar-refractivity contribution in [1.29, 1.82) is 0 Å².